The molecule has 1 saturated heterocycles. The largest absolute Gasteiger partial charge is 0.331 e. The molecule has 0 aromatic heterocycles. The summed E-state index contributed by atoms with van der Waals surface area (Å²) in [6.45, 7) is 4.57. The van der Waals surface area contributed by atoms with Gasteiger partial charge in [-0.3, -0.25) is 9.59 Å². The number of amides is 2. The van der Waals surface area contributed by atoms with Crippen LogP contribution < -0.4 is 0 Å². The standard InChI is InChI=1S/C6H7NO4.C4H8O.CH4/c1-4(8)11-7-5(9)2-3-6(7)10;1-3-4(2)5;/h2-3H2,1H3;3H2,1-2H3;1H4. The monoisotopic (exact) mass is 245 g/mol. The molecule has 17 heavy (non-hydrogen) atoms. The Morgan fingerprint density at radius 1 is 1.18 bits per heavy atom. The lowest BCUT2D eigenvalue weighted by Crippen LogP contribution is -2.30. The molecule has 1 aliphatic rings. The summed E-state index contributed by atoms with van der Waals surface area (Å²) in [4.78, 5) is 46.0. The number of hydroxylamine groups is 2. The summed E-state index contributed by atoms with van der Waals surface area (Å²) < 4.78 is 0. The number of carbonyl (C=O) groups is 4. The third-order valence-electron chi connectivity index (χ3n) is 1.72. The van der Waals surface area contributed by atoms with E-state index in [0.717, 1.165) is 6.92 Å². The average molecular weight is 245 g/mol. The van der Waals surface area contributed by atoms with Gasteiger partial charge in [0.15, 0.2) is 0 Å². The SMILES string of the molecule is C.CC(=O)ON1C(=O)CCC1=O.CCC(C)=O. The van der Waals surface area contributed by atoms with Gasteiger partial charge in [0, 0.05) is 26.2 Å². The number of Topliss-reactive ketones (excluding diaryl/α,β-unsaturated/α-hetero) is 1. The first-order chi connectivity index (χ1) is 7.38. The van der Waals surface area contributed by atoms with Gasteiger partial charge in [-0.2, -0.15) is 0 Å². The van der Waals surface area contributed by atoms with Crippen LogP contribution in [0.5, 0.6) is 0 Å². The van der Waals surface area contributed by atoms with Crippen LogP contribution in [0.3, 0.4) is 0 Å². The number of carbonyl (C=O) groups excluding carboxylic acids is 4. The fourth-order valence-corrected chi connectivity index (χ4v) is 0.786. The van der Waals surface area contributed by atoms with E-state index < -0.39 is 17.8 Å². The van der Waals surface area contributed by atoms with Gasteiger partial charge in [0.1, 0.15) is 5.78 Å². The molecule has 1 rings (SSSR count). The highest BCUT2D eigenvalue weighted by Crippen LogP contribution is 2.11. The fraction of sp³-hybridized carbons (Fsp3) is 0.636. The summed E-state index contributed by atoms with van der Waals surface area (Å²) in [5.74, 6) is -1.31. The predicted octanol–water partition coefficient (Wildman–Crippen LogP) is 1.23. The molecule has 1 aliphatic heterocycles. The summed E-state index contributed by atoms with van der Waals surface area (Å²) in [6.07, 6.45) is 0.929. The zero-order chi connectivity index (χ0) is 12.7. The minimum atomic E-state index is -0.659. The molecular weight excluding hydrogens is 226 g/mol. The van der Waals surface area contributed by atoms with Crippen molar-refractivity contribution in [3.8, 4) is 0 Å². The number of nitrogens with zero attached hydrogens (tertiary/aromatic N) is 1. The summed E-state index contributed by atoms with van der Waals surface area (Å²) >= 11 is 0. The Balaban J connectivity index is 0. The first-order valence-electron chi connectivity index (χ1n) is 4.92. The molecule has 2 amide bonds. The Morgan fingerprint density at radius 3 is 1.76 bits per heavy atom. The first-order valence-corrected chi connectivity index (χ1v) is 4.92. The summed E-state index contributed by atoms with van der Waals surface area (Å²) in [7, 11) is 0. The molecule has 6 nitrogen and oxygen atoms in total. The minimum absolute atomic E-state index is 0. The highest BCUT2D eigenvalue weighted by atomic mass is 16.7. The van der Waals surface area contributed by atoms with Crippen molar-refractivity contribution in [2.24, 2.45) is 0 Å². The van der Waals surface area contributed by atoms with E-state index in [4.69, 9.17) is 0 Å². The van der Waals surface area contributed by atoms with E-state index in [1.54, 1.807) is 6.92 Å². The number of rotatable bonds is 2. The van der Waals surface area contributed by atoms with E-state index in [2.05, 4.69) is 4.84 Å². The molecule has 1 fully saturated rings. The average Bonchev–Trinajstić information content (AvgIpc) is 2.50. The second kappa shape index (κ2) is 8.43. The van der Waals surface area contributed by atoms with Crippen LogP contribution in [0.1, 0.15) is 47.5 Å². The minimum Gasteiger partial charge on any atom is -0.331 e. The molecule has 0 saturated carbocycles. The van der Waals surface area contributed by atoms with Crippen LogP contribution in [0.2, 0.25) is 0 Å². The van der Waals surface area contributed by atoms with Crippen molar-refractivity contribution in [1.29, 1.82) is 0 Å². The molecule has 0 spiro atoms. The molecule has 0 unspecified atom stereocenters. The van der Waals surface area contributed by atoms with Gasteiger partial charge < -0.3 is 9.63 Å². The van der Waals surface area contributed by atoms with Crippen molar-refractivity contribution < 1.29 is 24.0 Å². The van der Waals surface area contributed by atoms with E-state index in [1.165, 1.54) is 0 Å². The number of ketones is 1. The molecule has 0 radical (unpaired) electrons. The van der Waals surface area contributed by atoms with Crippen LogP contribution >= 0.6 is 0 Å². The molecule has 98 valence electrons. The van der Waals surface area contributed by atoms with E-state index in [1.807, 2.05) is 6.92 Å². The van der Waals surface area contributed by atoms with Gasteiger partial charge in [-0.05, 0) is 6.92 Å². The normalized spacial score (nSPS) is 13.5. The molecule has 0 aliphatic carbocycles. The zero-order valence-corrected chi connectivity index (χ0v) is 9.61. The van der Waals surface area contributed by atoms with E-state index >= 15 is 0 Å². The Morgan fingerprint density at radius 2 is 1.53 bits per heavy atom. The van der Waals surface area contributed by atoms with Crippen LogP contribution in [0.25, 0.3) is 0 Å². The topological polar surface area (TPSA) is 80.8 Å². The molecule has 6 heteroatoms. The lowest BCUT2D eigenvalue weighted by Gasteiger charge is -2.09. The Hall–Kier alpha value is -1.72. The number of hydrogen-bond acceptors (Lipinski definition) is 5. The molecule has 1 heterocycles. The number of imide groups is 1. The van der Waals surface area contributed by atoms with Crippen LogP contribution in [0.15, 0.2) is 0 Å². The molecule has 0 aromatic carbocycles. The van der Waals surface area contributed by atoms with E-state index in [0.29, 0.717) is 11.5 Å². The summed E-state index contributed by atoms with van der Waals surface area (Å²) in [5.41, 5.74) is 0. The van der Waals surface area contributed by atoms with Crippen molar-refractivity contribution in [3.63, 3.8) is 0 Å². The molecular formula is C11H19NO5. The Labute approximate surface area is 101 Å². The van der Waals surface area contributed by atoms with Gasteiger partial charge >= 0.3 is 5.97 Å². The third-order valence-corrected chi connectivity index (χ3v) is 1.72. The fourth-order valence-electron chi connectivity index (χ4n) is 0.786. The van der Waals surface area contributed by atoms with Crippen molar-refractivity contribution >= 4 is 23.6 Å². The van der Waals surface area contributed by atoms with E-state index in [-0.39, 0.29) is 26.1 Å². The third kappa shape index (κ3) is 7.21. The van der Waals surface area contributed by atoms with Crippen LogP contribution in [0, 0.1) is 0 Å². The van der Waals surface area contributed by atoms with Gasteiger partial charge in [-0.25, -0.2) is 4.79 Å². The molecule has 0 bridgehead atoms. The van der Waals surface area contributed by atoms with Crippen LogP contribution in [-0.4, -0.2) is 28.6 Å². The van der Waals surface area contributed by atoms with Crippen molar-refractivity contribution in [1.82, 2.24) is 5.06 Å². The first kappa shape index (κ1) is 17.7. The van der Waals surface area contributed by atoms with Crippen molar-refractivity contribution in [3.05, 3.63) is 0 Å². The van der Waals surface area contributed by atoms with Gasteiger partial charge in [0.05, 0.1) is 0 Å². The number of hydrogen-bond donors (Lipinski definition) is 0. The Kier molecular flexibility index (Phi) is 8.77. The maximum absolute atomic E-state index is 10.7. The quantitative estimate of drug-likeness (QED) is 0.683. The van der Waals surface area contributed by atoms with Gasteiger partial charge in [-0.15, -0.1) is 5.06 Å². The van der Waals surface area contributed by atoms with Crippen molar-refractivity contribution in [2.45, 2.75) is 47.5 Å². The second-order valence-corrected chi connectivity index (χ2v) is 3.22. The highest BCUT2D eigenvalue weighted by molar-refractivity contribution is 6.01. The molecule has 0 N–H and O–H groups in total. The lowest BCUT2D eigenvalue weighted by atomic mass is 10.4. The maximum atomic E-state index is 10.7. The predicted molar refractivity (Wildman–Crippen MR) is 60.6 cm³/mol. The highest BCUT2D eigenvalue weighted by Gasteiger charge is 2.31. The summed E-state index contributed by atoms with van der Waals surface area (Å²) in [6, 6.07) is 0. The zero-order valence-electron chi connectivity index (χ0n) is 9.61. The van der Waals surface area contributed by atoms with Crippen molar-refractivity contribution in [2.75, 3.05) is 0 Å². The molecule has 0 atom stereocenters. The van der Waals surface area contributed by atoms with Gasteiger partial charge in [-0.1, -0.05) is 14.4 Å². The van der Waals surface area contributed by atoms with Gasteiger partial charge in [0.2, 0.25) is 0 Å². The van der Waals surface area contributed by atoms with Crippen LogP contribution in [0.4, 0.5) is 0 Å². The molecule has 0 aromatic rings. The smallest absolute Gasteiger partial charge is 0.330 e. The van der Waals surface area contributed by atoms with E-state index in [9.17, 15) is 19.2 Å². The second-order valence-electron chi connectivity index (χ2n) is 3.22. The Bertz CT molecular complexity index is 295. The lowest BCUT2D eigenvalue weighted by molar-refractivity contribution is -0.195. The summed E-state index contributed by atoms with van der Waals surface area (Å²) in [5, 5.41) is 0.516. The van der Waals surface area contributed by atoms with Crippen LogP contribution in [-0.2, 0) is 24.0 Å². The van der Waals surface area contributed by atoms with Gasteiger partial charge in [0.25, 0.3) is 11.8 Å². The maximum Gasteiger partial charge on any atom is 0.330 e.